The minimum Gasteiger partial charge on any atom is -0.441 e. The number of hydrogen-bond acceptors (Lipinski definition) is 2. The summed E-state index contributed by atoms with van der Waals surface area (Å²) in [7, 11) is 0. The first-order chi connectivity index (χ1) is 7.09. The van der Waals surface area contributed by atoms with Gasteiger partial charge in [0, 0.05) is 6.42 Å². The van der Waals surface area contributed by atoms with E-state index in [0.29, 0.717) is 6.54 Å². The Morgan fingerprint density at radius 2 is 2.20 bits per heavy atom. The fraction of sp³-hybridized carbons (Fsp3) is 0.417. The molecule has 0 aliphatic carbocycles. The number of cyclic esters (lactones) is 1. The van der Waals surface area contributed by atoms with Gasteiger partial charge in [0.1, 0.15) is 5.60 Å². The van der Waals surface area contributed by atoms with Crippen LogP contribution < -0.4 is 5.32 Å². The van der Waals surface area contributed by atoms with E-state index < -0.39 is 5.60 Å². The Hall–Kier alpha value is -1.51. The topological polar surface area (TPSA) is 38.3 Å². The first-order valence-electron chi connectivity index (χ1n) is 5.10. The Morgan fingerprint density at radius 1 is 1.47 bits per heavy atom. The van der Waals surface area contributed by atoms with Crippen molar-refractivity contribution in [3.8, 4) is 0 Å². The number of benzene rings is 1. The highest BCUT2D eigenvalue weighted by atomic mass is 16.6. The Balaban J connectivity index is 2.15. The van der Waals surface area contributed by atoms with Crippen molar-refractivity contribution < 1.29 is 9.53 Å². The van der Waals surface area contributed by atoms with Gasteiger partial charge >= 0.3 is 6.09 Å². The van der Waals surface area contributed by atoms with E-state index in [-0.39, 0.29) is 6.09 Å². The summed E-state index contributed by atoms with van der Waals surface area (Å²) >= 11 is 0. The van der Waals surface area contributed by atoms with Crippen LogP contribution in [0.5, 0.6) is 0 Å². The molecule has 1 saturated heterocycles. The number of nitrogens with one attached hydrogen (secondary N) is 1. The van der Waals surface area contributed by atoms with Crippen LogP contribution in [0.2, 0.25) is 0 Å². The maximum Gasteiger partial charge on any atom is 0.407 e. The van der Waals surface area contributed by atoms with Crippen molar-refractivity contribution in [3.63, 3.8) is 0 Å². The van der Waals surface area contributed by atoms with Crippen LogP contribution in [0.4, 0.5) is 4.79 Å². The van der Waals surface area contributed by atoms with E-state index in [1.165, 1.54) is 11.1 Å². The van der Waals surface area contributed by atoms with Crippen molar-refractivity contribution in [2.45, 2.75) is 25.9 Å². The average molecular weight is 205 g/mol. The third-order valence-corrected chi connectivity index (χ3v) is 2.77. The van der Waals surface area contributed by atoms with Gasteiger partial charge in [0.05, 0.1) is 6.54 Å². The fourth-order valence-electron chi connectivity index (χ4n) is 1.86. The van der Waals surface area contributed by atoms with Crippen LogP contribution in [-0.2, 0) is 11.2 Å². The third-order valence-electron chi connectivity index (χ3n) is 2.77. The van der Waals surface area contributed by atoms with E-state index >= 15 is 0 Å². The molecule has 0 radical (unpaired) electrons. The van der Waals surface area contributed by atoms with Gasteiger partial charge in [-0.2, -0.15) is 0 Å². The molecule has 3 nitrogen and oxygen atoms in total. The van der Waals surface area contributed by atoms with Gasteiger partial charge < -0.3 is 10.1 Å². The molecule has 1 unspecified atom stereocenters. The summed E-state index contributed by atoms with van der Waals surface area (Å²) in [5.41, 5.74) is 2.07. The molecule has 0 spiro atoms. The molecule has 1 atom stereocenters. The van der Waals surface area contributed by atoms with Crippen molar-refractivity contribution >= 4 is 6.09 Å². The molecular weight excluding hydrogens is 190 g/mol. The van der Waals surface area contributed by atoms with E-state index in [1.807, 2.05) is 19.1 Å². The zero-order valence-corrected chi connectivity index (χ0v) is 9.04. The maximum absolute atomic E-state index is 11.0. The van der Waals surface area contributed by atoms with E-state index in [2.05, 4.69) is 24.4 Å². The summed E-state index contributed by atoms with van der Waals surface area (Å²) in [4.78, 5) is 11.0. The fourth-order valence-corrected chi connectivity index (χ4v) is 1.86. The number of aryl methyl sites for hydroxylation is 1. The number of amides is 1. The summed E-state index contributed by atoms with van der Waals surface area (Å²) < 4.78 is 5.26. The molecule has 80 valence electrons. The summed E-state index contributed by atoms with van der Waals surface area (Å²) in [5, 5.41) is 2.69. The second-order valence-corrected chi connectivity index (χ2v) is 4.30. The van der Waals surface area contributed by atoms with Crippen LogP contribution in [0.1, 0.15) is 18.1 Å². The highest BCUT2D eigenvalue weighted by Gasteiger charge is 2.35. The van der Waals surface area contributed by atoms with Crippen LogP contribution in [0.25, 0.3) is 0 Å². The van der Waals surface area contributed by atoms with Gasteiger partial charge in [-0.3, -0.25) is 0 Å². The largest absolute Gasteiger partial charge is 0.441 e. The van der Waals surface area contributed by atoms with Gasteiger partial charge in [-0.25, -0.2) is 4.79 Å². The van der Waals surface area contributed by atoms with Gasteiger partial charge in [-0.1, -0.05) is 24.3 Å². The van der Waals surface area contributed by atoms with Crippen LogP contribution >= 0.6 is 0 Å². The van der Waals surface area contributed by atoms with Gasteiger partial charge in [0.2, 0.25) is 0 Å². The number of carbonyl (C=O) groups is 1. The molecule has 1 fully saturated rings. The van der Waals surface area contributed by atoms with E-state index in [0.717, 1.165) is 6.42 Å². The molecule has 3 heteroatoms. The van der Waals surface area contributed by atoms with Crippen LogP contribution in [0, 0.1) is 6.92 Å². The number of hydrogen-bond donors (Lipinski definition) is 1. The maximum atomic E-state index is 11.0. The summed E-state index contributed by atoms with van der Waals surface area (Å²) in [6.07, 6.45) is 0.449. The normalized spacial score (nSPS) is 24.8. The zero-order valence-electron chi connectivity index (χ0n) is 9.04. The monoisotopic (exact) mass is 205 g/mol. The summed E-state index contributed by atoms with van der Waals surface area (Å²) in [6.45, 7) is 4.61. The van der Waals surface area contributed by atoms with Crippen molar-refractivity contribution in [2.24, 2.45) is 0 Å². The standard InChI is InChI=1S/C12H15NO2/c1-9-5-3-4-6-10(9)7-12(2)8-13-11(14)15-12/h3-6H,7-8H2,1-2H3,(H,13,14). The Kier molecular flexibility index (Phi) is 2.39. The average Bonchev–Trinajstić information content (AvgIpc) is 2.51. The molecule has 1 aliphatic rings. The van der Waals surface area contributed by atoms with Crippen LogP contribution in [0.3, 0.4) is 0 Å². The molecule has 1 aliphatic heterocycles. The first kappa shape index (κ1) is 10.0. The molecular formula is C12H15NO2. The lowest BCUT2D eigenvalue weighted by Gasteiger charge is -2.21. The number of alkyl carbamates (subject to hydrolysis) is 1. The molecule has 1 N–H and O–H groups in total. The minimum absolute atomic E-state index is 0.314. The minimum atomic E-state index is -0.400. The SMILES string of the molecule is Cc1ccccc1CC1(C)CNC(=O)O1. The van der Waals surface area contributed by atoms with Gasteiger partial charge in [0.15, 0.2) is 0 Å². The molecule has 0 saturated carbocycles. The summed E-state index contributed by atoms with van der Waals surface area (Å²) in [6, 6.07) is 8.17. The molecule has 15 heavy (non-hydrogen) atoms. The Labute approximate surface area is 89.4 Å². The van der Waals surface area contributed by atoms with Crippen LogP contribution in [0.15, 0.2) is 24.3 Å². The highest BCUT2D eigenvalue weighted by molar-refractivity contribution is 5.70. The van der Waals surface area contributed by atoms with Gasteiger partial charge in [0.25, 0.3) is 0 Å². The second kappa shape index (κ2) is 3.57. The lowest BCUT2D eigenvalue weighted by atomic mass is 9.94. The number of ether oxygens (including phenoxy) is 1. The van der Waals surface area contributed by atoms with Gasteiger partial charge in [-0.05, 0) is 25.0 Å². The quantitative estimate of drug-likeness (QED) is 0.802. The van der Waals surface area contributed by atoms with Crippen molar-refractivity contribution in [3.05, 3.63) is 35.4 Å². The predicted molar refractivity (Wildman–Crippen MR) is 57.8 cm³/mol. The van der Waals surface area contributed by atoms with Crippen molar-refractivity contribution in [1.82, 2.24) is 5.32 Å². The summed E-state index contributed by atoms with van der Waals surface area (Å²) in [5.74, 6) is 0. The lowest BCUT2D eigenvalue weighted by Crippen LogP contribution is -2.32. The third kappa shape index (κ3) is 2.12. The van der Waals surface area contributed by atoms with Gasteiger partial charge in [-0.15, -0.1) is 0 Å². The second-order valence-electron chi connectivity index (χ2n) is 4.30. The molecule has 2 rings (SSSR count). The molecule has 1 aromatic rings. The first-order valence-corrected chi connectivity index (χ1v) is 5.10. The Bertz CT molecular complexity index is 389. The molecule has 1 heterocycles. The van der Waals surface area contributed by atoms with E-state index in [1.54, 1.807) is 0 Å². The lowest BCUT2D eigenvalue weighted by molar-refractivity contribution is 0.0723. The smallest absolute Gasteiger partial charge is 0.407 e. The molecule has 1 amide bonds. The van der Waals surface area contributed by atoms with E-state index in [9.17, 15) is 4.79 Å². The number of carbonyl (C=O) groups excluding carboxylic acids is 1. The van der Waals surface area contributed by atoms with E-state index in [4.69, 9.17) is 4.74 Å². The van der Waals surface area contributed by atoms with Crippen molar-refractivity contribution in [1.29, 1.82) is 0 Å². The van der Waals surface area contributed by atoms with Crippen LogP contribution in [-0.4, -0.2) is 18.2 Å². The Morgan fingerprint density at radius 3 is 2.80 bits per heavy atom. The molecule has 1 aromatic carbocycles. The highest BCUT2D eigenvalue weighted by Crippen LogP contribution is 2.22. The molecule has 0 aromatic heterocycles. The molecule has 0 bridgehead atoms. The van der Waals surface area contributed by atoms with Crippen molar-refractivity contribution in [2.75, 3.05) is 6.54 Å². The zero-order chi connectivity index (χ0) is 10.9. The predicted octanol–water partition coefficient (Wildman–Crippen LogP) is 2.04. The number of rotatable bonds is 2.